The van der Waals surface area contributed by atoms with Crippen LogP contribution >= 0.6 is 0 Å². The van der Waals surface area contributed by atoms with E-state index in [1.54, 1.807) is 6.20 Å². The van der Waals surface area contributed by atoms with Crippen LogP contribution in [-0.4, -0.2) is 32.8 Å². The van der Waals surface area contributed by atoms with Crippen molar-refractivity contribution in [2.24, 2.45) is 11.7 Å². The van der Waals surface area contributed by atoms with E-state index in [-0.39, 0.29) is 12.3 Å². The van der Waals surface area contributed by atoms with Gasteiger partial charge in [-0.3, -0.25) is 4.98 Å². The van der Waals surface area contributed by atoms with Gasteiger partial charge in [0.2, 0.25) is 0 Å². The van der Waals surface area contributed by atoms with E-state index in [0.29, 0.717) is 12.1 Å². The van der Waals surface area contributed by atoms with Crippen LogP contribution in [-0.2, 0) is 17.6 Å². The second kappa shape index (κ2) is 8.99. The van der Waals surface area contributed by atoms with Gasteiger partial charge in [0.1, 0.15) is 0 Å². The molecule has 5 heteroatoms. The average molecular weight is 322 g/mol. The second-order valence-electron chi connectivity index (χ2n) is 6.75. The lowest BCUT2D eigenvalue weighted by molar-refractivity contribution is -0.161. The number of nitrogens with zero attached hydrogens (tertiary/aromatic N) is 1. The Hall–Kier alpha value is -1.46. The van der Waals surface area contributed by atoms with Crippen LogP contribution in [0.1, 0.15) is 57.7 Å². The van der Waals surface area contributed by atoms with E-state index in [1.807, 2.05) is 26.0 Å². The molecule has 0 radical (unpaired) electrons. The zero-order valence-corrected chi connectivity index (χ0v) is 14.5. The Bertz CT molecular complexity index is 505. The van der Waals surface area contributed by atoms with Crippen LogP contribution in [0.15, 0.2) is 18.3 Å². The topological polar surface area (TPSA) is 96.4 Å². The van der Waals surface area contributed by atoms with Crippen molar-refractivity contribution >= 4 is 5.97 Å². The smallest absolute Gasteiger partial charge is 0.337 e. The van der Waals surface area contributed by atoms with E-state index in [0.717, 1.165) is 31.2 Å². The number of aliphatic carboxylic acids is 1. The molecule has 1 rings (SSSR count). The molecule has 0 saturated heterocycles. The highest BCUT2D eigenvalue weighted by Crippen LogP contribution is 2.22. The first-order valence-electron chi connectivity index (χ1n) is 8.44. The van der Waals surface area contributed by atoms with Crippen LogP contribution in [0.3, 0.4) is 0 Å². The van der Waals surface area contributed by atoms with Crippen LogP contribution < -0.4 is 5.73 Å². The fourth-order valence-corrected chi connectivity index (χ4v) is 2.70. The highest BCUT2D eigenvalue weighted by molar-refractivity contribution is 5.78. The van der Waals surface area contributed by atoms with Crippen molar-refractivity contribution in [1.29, 1.82) is 0 Å². The molecule has 0 bridgehead atoms. The SMILES string of the molecule is CCCCCc1ccnc(CC(O)(C(=O)O)[C@@H](N)CC(C)C)c1. The third kappa shape index (κ3) is 5.92. The molecule has 0 aromatic carbocycles. The first kappa shape index (κ1) is 19.6. The van der Waals surface area contributed by atoms with E-state index < -0.39 is 17.6 Å². The molecule has 0 aliphatic carbocycles. The Balaban J connectivity index is 2.88. The Morgan fingerprint density at radius 3 is 2.65 bits per heavy atom. The van der Waals surface area contributed by atoms with Crippen molar-refractivity contribution in [2.45, 2.75) is 70.9 Å². The number of hydrogen-bond acceptors (Lipinski definition) is 4. The van der Waals surface area contributed by atoms with Crippen molar-refractivity contribution < 1.29 is 15.0 Å². The van der Waals surface area contributed by atoms with E-state index >= 15 is 0 Å². The maximum Gasteiger partial charge on any atom is 0.337 e. The highest BCUT2D eigenvalue weighted by Gasteiger charge is 2.43. The summed E-state index contributed by atoms with van der Waals surface area (Å²) in [5.74, 6) is -1.08. The first-order chi connectivity index (χ1) is 10.8. The van der Waals surface area contributed by atoms with Crippen molar-refractivity contribution in [2.75, 3.05) is 0 Å². The summed E-state index contributed by atoms with van der Waals surface area (Å²) in [5, 5.41) is 20.1. The van der Waals surface area contributed by atoms with Gasteiger partial charge in [-0.25, -0.2) is 4.79 Å². The number of hydrogen-bond donors (Lipinski definition) is 3. The number of rotatable bonds is 10. The summed E-state index contributed by atoms with van der Waals surface area (Å²) in [5.41, 5.74) is 5.68. The van der Waals surface area contributed by atoms with Crippen molar-refractivity contribution in [3.05, 3.63) is 29.6 Å². The predicted octanol–water partition coefficient (Wildman–Crippen LogP) is 2.55. The van der Waals surface area contributed by atoms with Gasteiger partial charge in [0.05, 0.1) is 0 Å². The molecule has 1 heterocycles. The molecule has 0 aliphatic rings. The van der Waals surface area contributed by atoms with Crippen molar-refractivity contribution in [3.63, 3.8) is 0 Å². The van der Waals surface area contributed by atoms with Gasteiger partial charge >= 0.3 is 5.97 Å². The lowest BCUT2D eigenvalue weighted by atomic mass is 9.84. The quantitative estimate of drug-likeness (QED) is 0.575. The van der Waals surface area contributed by atoms with Gasteiger partial charge < -0.3 is 15.9 Å². The van der Waals surface area contributed by atoms with E-state index in [9.17, 15) is 15.0 Å². The fourth-order valence-electron chi connectivity index (χ4n) is 2.70. The Morgan fingerprint density at radius 1 is 1.39 bits per heavy atom. The summed E-state index contributed by atoms with van der Waals surface area (Å²) in [6.07, 6.45) is 6.39. The van der Waals surface area contributed by atoms with Gasteiger partial charge in [-0.15, -0.1) is 0 Å². The third-order valence-electron chi connectivity index (χ3n) is 4.11. The molecule has 0 amide bonds. The largest absolute Gasteiger partial charge is 0.479 e. The maximum absolute atomic E-state index is 11.6. The number of aliphatic hydroxyl groups is 1. The zero-order chi connectivity index (χ0) is 17.5. The predicted molar refractivity (Wildman–Crippen MR) is 91.2 cm³/mol. The second-order valence-corrected chi connectivity index (χ2v) is 6.75. The lowest BCUT2D eigenvalue weighted by Gasteiger charge is -2.30. The van der Waals surface area contributed by atoms with Crippen LogP contribution in [0.2, 0.25) is 0 Å². The maximum atomic E-state index is 11.6. The number of unbranched alkanes of at least 4 members (excludes halogenated alkanes) is 2. The standard InChI is InChI=1S/C18H30N2O3/c1-4-5-6-7-14-8-9-20-15(11-14)12-18(23,17(21)22)16(19)10-13(2)3/h8-9,11,13,16,23H,4-7,10,12,19H2,1-3H3,(H,21,22)/t16-,18?/m0/s1. The number of carboxylic acids is 1. The molecule has 0 spiro atoms. The molecular formula is C18H30N2O3. The van der Waals surface area contributed by atoms with E-state index in [4.69, 9.17) is 5.73 Å². The average Bonchev–Trinajstić information content (AvgIpc) is 2.47. The molecule has 23 heavy (non-hydrogen) atoms. The van der Waals surface area contributed by atoms with Gasteiger partial charge in [-0.05, 0) is 42.9 Å². The number of aryl methyl sites for hydroxylation is 1. The Labute approximate surface area is 138 Å². The highest BCUT2D eigenvalue weighted by atomic mass is 16.4. The summed E-state index contributed by atoms with van der Waals surface area (Å²) in [7, 11) is 0. The summed E-state index contributed by atoms with van der Waals surface area (Å²) < 4.78 is 0. The van der Waals surface area contributed by atoms with Crippen LogP contribution in [0.5, 0.6) is 0 Å². The number of pyridine rings is 1. The molecule has 5 nitrogen and oxygen atoms in total. The lowest BCUT2D eigenvalue weighted by Crippen LogP contribution is -2.56. The fraction of sp³-hybridized carbons (Fsp3) is 0.667. The minimum Gasteiger partial charge on any atom is -0.479 e. The van der Waals surface area contributed by atoms with Crippen LogP contribution in [0, 0.1) is 5.92 Å². The molecular weight excluding hydrogens is 292 g/mol. The van der Waals surface area contributed by atoms with Crippen LogP contribution in [0.25, 0.3) is 0 Å². The molecule has 1 aromatic heterocycles. The van der Waals surface area contributed by atoms with Gasteiger partial charge in [-0.1, -0.05) is 33.6 Å². The summed E-state index contributed by atoms with van der Waals surface area (Å²) in [6.45, 7) is 6.06. The van der Waals surface area contributed by atoms with Gasteiger partial charge in [0.15, 0.2) is 5.60 Å². The normalized spacial score (nSPS) is 15.4. The molecule has 0 fully saturated rings. The third-order valence-corrected chi connectivity index (χ3v) is 4.11. The monoisotopic (exact) mass is 322 g/mol. The molecule has 2 atom stereocenters. The molecule has 130 valence electrons. The number of carbonyl (C=O) groups is 1. The van der Waals surface area contributed by atoms with E-state index in [2.05, 4.69) is 11.9 Å². The van der Waals surface area contributed by atoms with Crippen molar-refractivity contribution in [1.82, 2.24) is 4.98 Å². The number of aromatic nitrogens is 1. The molecule has 0 aliphatic heterocycles. The first-order valence-corrected chi connectivity index (χ1v) is 8.44. The number of nitrogens with two attached hydrogens (primary N) is 1. The summed E-state index contributed by atoms with van der Waals surface area (Å²) >= 11 is 0. The Morgan fingerprint density at radius 2 is 2.09 bits per heavy atom. The summed E-state index contributed by atoms with van der Waals surface area (Å²) in [6, 6.07) is 2.99. The van der Waals surface area contributed by atoms with Gasteiger partial charge in [-0.2, -0.15) is 0 Å². The van der Waals surface area contributed by atoms with Gasteiger partial charge in [0.25, 0.3) is 0 Å². The minimum atomic E-state index is -1.99. The molecule has 4 N–H and O–H groups in total. The zero-order valence-electron chi connectivity index (χ0n) is 14.5. The minimum absolute atomic E-state index is 0.0716. The Kier molecular flexibility index (Phi) is 7.65. The molecule has 1 aromatic rings. The van der Waals surface area contributed by atoms with E-state index in [1.165, 1.54) is 0 Å². The molecule has 0 saturated carbocycles. The van der Waals surface area contributed by atoms with Gasteiger partial charge in [0, 0.05) is 24.4 Å². The van der Waals surface area contributed by atoms with Crippen molar-refractivity contribution in [3.8, 4) is 0 Å². The summed E-state index contributed by atoms with van der Waals surface area (Å²) in [4.78, 5) is 15.8. The van der Waals surface area contributed by atoms with Crippen LogP contribution in [0.4, 0.5) is 0 Å². The molecule has 1 unspecified atom stereocenters. The number of carboxylic acid groups (broad SMARTS) is 1.